The van der Waals surface area contributed by atoms with Crippen LogP contribution < -0.4 is 5.32 Å². The number of hydrogen-bond acceptors (Lipinski definition) is 5. The molecule has 3 N–H and O–H groups in total. The zero-order valence-corrected chi connectivity index (χ0v) is 43.7. The van der Waals surface area contributed by atoms with Gasteiger partial charge in [0.25, 0.3) is 0 Å². The summed E-state index contributed by atoms with van der Waals surface area (Å²) in [6, 6.07) is -0.627. The van der Waals surface area contributed by atoms with Crippen LogP contribution in [-0.4, -0.2) is 47.4 Å². The molecule has 0 rings (SSSR count). The second-order valence-corrected chi connectivity index (χ2v) is 20.0. The minimum atomic E-state index is -0.844. The van der Waals surface area contributed by atoms with Crippen LogP contribution in [0.15, 0.2) is 24.3 Å². The number of rotatable bonds is 54. The van der Waals surface area contributed by atoms with E-state index >= 15 is 0 Å². The van der Waals surface area contributed by atoms with Gasteiger partial charge in [-0.25, -0.2) is 0 Å². The molecule has 2 unspecified atom stereocenters. The van der Waals surface area contributed by atoms with Crippen molar-refractivity contribution in [3.8, 4) is 0 Å². The second kappa shape index (κ2) is 54.9. The Morgan fingerprint density at radius 3 is 1.14 bits per heavy atom. The molecule has 0 aliphatic heterocycles. The molecule has 0 heterocycles. The lowest BCUT2D eigenvalue weighted by Crippen LogP contribution is -2.45. The van der Waals surface area contributed by atoms with E-state index in [4.69, 9.17) is 4.74 Å². The number of amides is 1. The fraction of sp³-hybridized carbons (Fsp3) is 0.898. The number of carbonyl (C=O) groups excluding carboxylic acids is 2. The molecule has 0 aliphatic carbocycles. The van der Waals surface area contributed by atoms with Gasteiger partial charge in [0, 0.05) is 12.8 Å². The highest BCUT2D eigenvalue weighted by atomic mass is 16.5. The standard InChI is InChI=1S/C59H113NO5/c1-3-5-7-9-11-13-15-16-25-28-32-35-39-43-47-51-57(62)56(55-61)60-58(63)52-48-44-40-36-33-29-26-23-21-19-17-18-20-22-24-27-30-34-38-42-46-50-54-65-59(64)53-49-45-41-37-31-14-12-10-8-6-4-2/h10,12,47,51,56-57,61-62H,3-9,11,13-46,48-50,52-55H2,1-2H3,(H,60,63)/b12-10-,51-47+. The van der Waals surface area contributed by atoms with E-state index in [0.29, 0.717) is 19.4 Å². The Morgan fingerprint density at radius 2 is 0.738 bits per heavy atom. The Labute approximate surface area is 405 Å². The van der Waals surface area contributed by atoms with Gasteiger partial charge in [0.05, 0.1) is 25.4 Å². The molecule has 0 spiro atoms. The maximum atomic E-state index is 12.5. The predicted molar refractivity (Wildman–Crippen MR) is 283 cm³/mol. The molecule has 0 aromatic carbocycles. The van der Waals surface area contributed by atoms with Gasteiger partial charge < -0.3 is 20.3 Å². The summed E-state index contributed by atoms with van der Waals surface area (Å²) in [4.78, 5) is 24.4. The monoisotopic (exact) mass is 916 g/mol. The van der Waals surface area contributed by atoms with Crippen molar-refractivity contribution in [2.75, 3.05) is 13.2 Å². The summed E-state index contributed by atoms with van der Waals surface area (Å²) in [5.41, 5.74) is 0. The van der Waals surface area contributed by atoms with Crippen LogP contribution in [0.1, 0.15) is 316 Å². The molecule has 0 saturated heterocycles. The summed E-state index contributed by atoms with van der Waals surface area (Å²) in [5, 5.41) is 23.1. The first-order valence-corrected chi connectivity index (χ1v) is 29.1. The number of aliphatic hydroxyl groups excluding tert-OH is 2. The molecule has 0 bridgehead atoms. The first-order chi connectivity index (χ1) is 32.0. The Kier molecular flexibility index (Phi) is 53.5. The number of esters is 1. The summed E-state index contributed by atoms with van der Waals surface area (Å²) in [6.45, 7) is 4.87. The lowest BCUT2D eigenvalue weighted by molar-refractivity contribution is -0.143. The van der Waals surface area contributed by atoms with Gasteiger partial charge in [0.15, 0.2) is 0 Å². The largest absolute Gasteiger partial charge is 0.466 e. The third-order valence-electron chi connectivity index (χ3n) is 13.5. The molecule has 0 fully saturated rings. The minimum absolute atomic E-state index is 0.00160. The van der Waals surface area contributed by atoms with Gasteiger partial charge in [-0.15, -0.1) is 0 Å². The third-order valence-corrected chi connectivity index (χ3v) is 13.5. The van der Waals surface area contributed by atoms with Crippen molar-refractivity contribution < 1.29 is 24.5 Å². The first kappa shape index (κ1) is 63.3. The van der Waals surface area contributed by atoms with Crippen LogP contribution in [0.4, 0.5) is 0 Å². The fourth-order valence-corrected chi connectivity index (χ4v) is 8.97. The van der Waals surface area contributed by atoms with Crippen molar-refractivity contribution >= 4 is 11.9 Å². The maximum Gasteiger partial charge on any atom is 0.305 e. The van der Waals surface area contributed by atoms with Crippen LogP contribution in [-0.2, 0) is 14.3 Å². The number of unbranched alkanes of at least 4 members (excludes halogenated alkanes) is 41. The van der Waals surface area contributed by atoms with E-state index in [1.807, 2.05) is 6.08 Å². The average Bonchev–Trinajstić information content (AvgIpc) is 3.31. The molecule has 6 heteroatoms. The molecule has 0 aromatic heterocycles. The molecule has 0 aromatic rings. The predicted octanol–water partition coefficient (Wildman–Crippen LogP) is 17.9. The number of allylic oxidation sites excluding steroid dienone is 3. The second-order valence-electron chi connectivity index (χ2n) is 20.0. The lowest BCUT2D eigenvalue weighted by atomic mass is 10.0. The van der Waals surface area contributed by atoms with Crippen LogP contribution in [0.2, 0.25) is 0 Å². The normalized spacial score (nSPS) is 12.7. The molecule has 384 valence electrons. The van der Waals surface area contributed by atoms with Crippen LogP contribution >= 0.6 is 0 Å². The summed E-state index contributed by atoms with van der Waals surface area (Å²) < 4.78 is 5.46. The Morgan fingerprint density at radius 1 is 0.415 bits per heavy atom. The molecule has 65 heavy (non-hydrogen) atoms. The number of carbonyl (C=O) groups is 2. The first-order valence-electron chi connectivity index (χ1n) is 29.1. The number of ether oxygens (including phenoxy) is 1. The van der Waals surface area contributed by atoms with Crippen molar-refractivity contribution in [3.63, 3.8) is 0 Å². The summed E-state index contributed by atoms with van der Waals surface area (Å²) in [6.07, 6.45) is 66.3. The van der Waals surface area contributed by atoms with Crippen LogP contribution in [0.5, 0.6) is 0 Å². The van der Waals surface area contributed by atoms with E-state index in [0.717, 1.165) is 44.9 Å². The molecule has 0 aliphatic rings. The molecule has 1 amide bonds. The van der Waals surface area contributed by atoms with E-state index in [-0.39, 0.29) is 18.5 Å². The van der Waals surface area contributed by atoms with Crippen molar-refractivity contribution in [1.29, 1.82) is 0 Å². The van der Waals surface area contributed by atoms with E-state index < -0.39 is 12.1 Å². The summed E-state index contributed by atoms with van der Waals surface area (Å²) in [7, 11) is 0. The molecule has 0 radical (unpaired) electrons. The van der Waals surface area contributed by atoms with Gasteiger partial charge >= 0.3 is 5.97 Å². The molecule has 6 nitrogen and oxygen atoms in total. The zero-order chi connectivity index (χ0) is 47.2. The molecule has 0 saturated carbocycles. The van der Waals surface area contributed by atoms with Crippen LogP contribution in [0, 0.1) is 0 Å². The Balaban J connectivity index is 3.41. The van der Waals surface area contributed by atoms with E-state index in [9.17, 15) is 19.8 Å². The Bertz CT molecular complexity index is 1010. The molecule has 2 atom stereocenters. The summed E-state index contributed by atoms with van der Waals surface area (Å²) >= 11 is 0. The topological polar surface area (TPSA) is 95.9 Å². The van der Waals surface area contributed by atoms with Gasteiger partial charge in [-0.1, -0.05) is 276 Å². The fourth-order valence-electron chi connectivity index (χ4n) is 8.97. The zero-order valence-electron chi connectivity index (χ0n) is 43.7. The van der Waals surface area contributed by atoms with Crippen molar-refractivity contribution in [2.45, 2.75) is 328 Å². The van der Waals surface area contributed by atoms with Gasteiger partial charge in [-0.05, 0) is 51.4 Å². The summed E-state index contributed by atoms with van der Waals surface area (Å²) in [5.74, 6) is -0.0654. The van der Waals surface area contributed by atoms with Gasteiger partial charge in [0.2, 0.25) is 5.91 Å². The van der Waals surface area contributed by atoms with Gasteiger partial charge in [-0.2, -0.15) is 0 Å². The number of nitrogens with one attached hydrogen (secondary N) is 1. The van der Waals surface area contributed by atoms with Gasteiger partial charge in [-0.3, -0.25) is 9.59 Å². The SMILES string of the molecule is CCCC/C=C\CCCCCCCC(=O)OCCCCCCCCCCCCCCCCCCCCCCCCC(=O)NC(CO)C(O)/C=C/CCCCCCCCCCCCCCC. The van der Waals surface area contributed by atoms with Crippen molar-refractivity contribution in [1.82, 2.24) is 5.32 Å². The quantitative estimate of drug-likeness (QED) is 0.0321. The molecular weight excluding hydrogens is 803 g/mol. The average molecular weight is 917 g/mol. The number of aliphatic hydroxyl groups is 2. The van der Waals surface area contributed by atoms with Crippen LogP contribution in [0.25, 0.3) is 0 Å². The molecular formula is C59H113NO5. The van der Waals surface area contributed by atoms with Crippen molar-refractivity contribution in [3.05, 3.63) is 24.3 Å². The minimum Gasteiger partial charge on any atom is -0.466 e. The lowest BCUT2D eigenvalue weighted by Gasteiger charge is -2.20. The highest BCUT2D eigenvalue weighted by Gasteiger charge is 2.18. The maximum absolute atomic E-state index is 12.5. The van der Waals surface area contributed by atoms with Crippen LogP contribution in [0.3, 0.4) is 0 Å². The van der Waals surface area contributed by atoms with Crippen molar-refractivity contribution in [2.24, 2.45) is 0 Å². The van der Waals surface area contributed by atoms with E-state index in [1.54, 1.807) is 6.08 Å². The van der Waals surface area contributed by atoms with Gasteiger partial charge in [0.1, 0.15) is 0 Å². The van der Waals surface area contributed by atoms with E-state index in [1.165, 1.54) is 244 Å². The van der Waals surface area contributed by atoms with E-state index in [2.05, 4.69) is 31.3 Å². The highest BCUT2D eigenvalue weighted by Crippen LogP contribution is 2.17. The Hall–Kier alpha value is -1.66. The third kappa shape index (κ3) is 51.6. The highest BCUT2D eigenvalue weighted by molar-refractivity contribution is 5.76. The number of hydrogen-bond donors (Lipinski definition) is 3. The smallest absolute Gasteiger partial charge is 0.305 e.